The van der Waals surface area contributed by atoms with Gasteiger partial charge in [0.25, 0.3) is 0 Å². The number of hydrogen-bond donors (Lipinski definition) is 2. The molecule has 2 aliphatic heterocycles. The van der Waals surface area contributed by atoms with Crippen molar-refractivity contribution in [3.8, 4) is 11.8 Å². The van der Waals surface area contributed by atoms with Gasteiger partial charge < -0.3 is 29.6 Å². The minimum Gasteiger partial charge on any atom is -0.378 e. The lowest BCUT2D eigenvalue weighted by molar-refractivity contribution is -0.142. The Morgan fingerprint density at radius 3 is 2.84 bits per heavy atom. The third-order valence-electron chi connectivity index (χ3n) is 8.82. The number of rotatable bonds is 5. The van der Waals surface area contributed by atoms with Gasteiger partial charge in [-0.05, 0) is 55.5 Å². The van der Waals surface area contributed by atoms with E-state index in [9.17, 15) is 9.59 Å². The van der Waals surface area contributed by atoms with Gasteiger partial charge in [-0.25, -0.2) is 14.8 Å². The van der Waals surface area contributed by atoms with Crippen LogP contribution in [-0.2, 0) is 20.8 Å². The number of anilines is 2. The minimum absolute atomic E-state index is 0.169. The van der Waals surface area contributed by atoms with Crippen LogP contribution in [0.3, 0.4) is 0 Å². The van der Waals surface area contributed by atoms with E-state index in [1.54, 1.807) is 6.33 Å². The molecule has 3 fully saturated rings. The van der Waals surface area contributed by atoms with E-state index in [1.165, 1.54) is 59.2 Å². The van der Waals surface area contributed by atoms with E-state index in [4.69, 9.17) is 9.47 Å². The van der Waals surface area contributed by atoms with E-state index in [-0.39, 0.29) is 6.04 Å². The summed E-state index contributed by atoms with van der Waals surface area (Å²) in [5.41, 5.74) is 3.08. The maximum atomic E-state index is 12.6. The smallest absolute Gasteiger partial charge is 0.378 e. The fraction of sp³-hybridized carbons (Fsp3) is 0.455. The molecule has 3 aromatic heterocycles. The van der Waals surface area contributed by atoms with Crippen LogP contribution in [0.1, 0.15) is 43.4 Å². The first-order valence-electron chi connectivity index (χ1n) is 15.5. The highest BCUT2D eigenvalue weighted by atomic mass is 32.1. The van der Waals surface area contributed by atoms with E-state index in [0.29, 0.717) is 39.3 Å². The third kappa shape index (κ3) is 6.43. The summed E-state index contributed by atoms with van der Waals surface area (Å²) in [6, 6.07) is 10.5. The lowest BCUT2D eigenvalue weighted by Gasteiger charge is -2.25. The van der Waals surface area contributed by atoms with Gasteiger partial charge in [-0.15, -0.1) is 11.3 Å². The molecule has 3 aliphatic rings. The third-order valence-corrected chi connectivity index (χ3v) is 9.86. The molecule has 1 aromatic carbocycles. The summed E-state index contributed by atoms with van der Waals surface area (Å²) >= 11 is 1.54. The van der Waals surface area contributed by atoms with Gasteiger partial charge in [-0.3, -0.25) is 4.79 Å². The van der Waals surface area contributed by atoms with Gasteiger partial charge in [-0.2, -0.15) is 0 Å². The zero-order chi connectivity index (χ0) is 29.9. The lowest BCUT2D eigenvalue weighted by atomic mass is 9.89. The highest BCUT2D eigenvalue weighted by Gasteiger charge is 2.32. The van der Waals surface area contributed by atoms with E-state index in [0.717, 1.165) is 39.1 Å². The standard InChI is InChI=1S/C33H36N6O4S/c40-32(43-33(41)38-12-14-42-15-13-38)24-17-25(34-19-24)6-8-27-18-28-30(44-27)31(36-21-35-28)37-26-7-9-29-23(16-26)10-11-39(29)20-22-4-2-1-3-5-22/h7,9-11,16,18,21-22,24-25,34H,1-5,12-15,17,19-20H2,(H,35,36,37)/t24-,25-/m1/s1. The maximum absolute atomic E-state index is 12.6. The van der Waals surface area contributed by atoms with Crippen molar-refractivity contribution in [2.45, 2.75) is 51.1 Å². The van der Waals surface area contributed by atoms with Crippen molar-refractivity contribution in [2.24, 2.45) is 11.8 Å². The fourth-order valence-electron chi connectivity index (χ4n) is 6.39. The molecular weight excluding hydrogens is 576 g/mol. The van der Waals surface area contributed by atoms with Gasteiger partial charge in [0.1, 0.15) is 6.33 Å². The average Bonchev–Trinajstić information content (AvgIpc) is 3.80. The fourth-order valence-corrected chi connectivity index (χ4v) is 7.31. The van der Waals surface area contributed by atoms with Gasteiger partial charge in [0, 0.05) is 49.0 Å². The number of benzene rings is 1. The zero-order valence-corrected chi connectivity index (χ0v) is 25.4. The van der Waals surface area contributed by atoms with Crippen LogP contribution in [0, 0.1) is 23.7 Å². The van der Waals surface area contributed by atoms with Gasteiger partial charge >= 0.3 is 12.1 Å². The molecule has 0 radical (unpaired) electrons. The van der Waals surface area contributed by atoms with Crippen LogP contribution in [0.4, 0.5) is 16.3 Å². The lowest BCUT2D eigenvalue weighted by Crippen LogP contribution is -2.42. The normalized spacial score (nSPS) is 20.9. The van der Waals surface area contributed by atoms with Crippen LogP contribution in [-0.4, -0.2) is 70.4 Å². The van der Waals surface area contributed by atoms with E-state index >= 15 is 0 Å². The number of amides is 1. The topological polar surface area (TPSA) is 111 Å². The molecule has 0 spiro atoms. The van der Waals surface area contributed by atoms with E-state index in [1.807, 2.05) is 6.07 Å². The van der Waals surface area contributed by atoms with Gasteiger partial charge in [-0.1, -0.05) is 31.1 Å². The van der Waals surface area contributed by atoms with Gasteiger partial charge in [0.2, 0.25) is 0 Å². The Kier molecular flexibility index (Phi) is 8.46. The Balaban J connectivity index is 0.989. The summed E-state index contributed by atoms with van der Waals surface area (Å²) < 4.78 is 13.7. The molecule has 7 rings (SSSR count). The predicted octanol–water partition coefficient (Wildman–Crippen LogP) is 5.29. The predicted molar refractivity (Wildman–Crippen MR) is 170 cm³/mol. The first-order chi connectivity index (χ1) is 21.6. The van der Waals surface area contributed by atoms with Crippen molar-refractivity contribution >= 4 is 56.0 Å². The van der Waals surface area contributed by atoms with Crippen molar-refractivity contribution in [1.82, 2.24) is 24.8 Å². The van der Waals surface area contributed by atoms with Crippen molar-refractivity contribution < 1.29 is 19.1 Å². The highest BCUT2D eigenvalue weighted by molar-refractivity contribution is 7.20. The van der Waals surface area contributed by atoms with Gasteiger partial charge in [0.15, 0.2) is 5.82 Å². The van der Waals surface area contributed by atoms with Gasteiger partial charge in [0.05, 0.1) is 40.3 Å². The summed E-state index contributed by atoms with van der Waals surface area (Å²) in [6.07, 6.45) is 10.4. The maximum Gasteiger partial charge on any atom is 0.417 e. The molecule has 0 bridgehead atoms. The van der Waals surface area contributed by atoms with Crippen LogP contribution in [0.5, 0.6) is 0 Å². The molecule has 4 aromatic rings. The van der Waals surface area contributed by atoms with E-state index < -0.39 is 18.0 Å². The Morgan fingerprint density at radius 2 is 1.98 bits per heavy atom. The number of nitrogens with zero attached hydrogens (tertiary/aromatic N) is 4. The molecule has 1 saturated carbocycles. The second-order valence-electron chi connectivity index (χ2n) is 11.9. The Labute approximate surface area is 260 Å². The summed E-state index contributed by atoms with van der Waals surface area (Å²) in [7, 11) is 0. The van der Waals surface area contributed by atoms with Crippen LogP contribution in [0.25, 0.3) is 21.1 Å². The number of aromatic nitrogens is 3. The number of esters is 1. The molecule has 44 heavy (non-hydrogen) atoms. The molecule has 2 N–H and O–H groups in total. The minimum atomic E-state index is -0.600. The molecule has 0 unspecified atom stereocenters. The SMILES string of the molecule is O=C(OC(=O)N1CCOCC1)[C@H]1CN[C@H](C#Cc2cc3ncnc(Nc4ccc5c(ccn5CC5CCCCC5)c4)c3s2)C1. The van der Waals surface area contributed by atoms with Crippen molar-refractivity contribution in [3.05, 3.63) is 47.7 Å². The monoisotopic (exact) mass is 612 g/mol. The molecule has 1 aliphatic carbocycles. The van der Waals surface area contributed by atoms with E-state index in [2.05, 4.69) is 67.5 Å². The number of thiophene rings is 1. The molecule has 1 amide bonds. The Morgan fingerprint density at radius 1 is 1.11 bits per heavy atom. The van der Waals surface area contributed by atoms with Crippen LogP contribution >= 0.6 is 11.3 Å². The quantitative estimate of drug-likeness (QED) is 0.178. The van der Waals surface area contributed by atoms with Crippen molar-refractivity contribution in [2.75, 3.05) is 38.2 Å². The number of ether oxygens (including phenoxy) is 2. The number of carbonyl (C=O) groups is 2. The molecule has 2 saturated heterocycles. The van der Waals surface area contributed by atoms with Crippen LogP contribution in [0.2, 0.25) is 0 Å². The van der Waals surface area contributed by atoms with Crippen LogP contribution < -0.4 is 10.6 Å². The summed E-state index contributed by atoms with van der Waals surface area (Å²) in [4.78, 5) is 36.2. The molecular formula is C33H36N6O4S. The Hall–Kier alpha value is -3.98. The first kappa shape index (κ1) is 28.8. The summed E-state index contributed by atoms with van der Waals surface area (Å²) in [5, 5.41) is 7.98. The number of hydrogen-bond acceptors (Lipinski definition) is 9. The molecule has 11 heteroatoms. The molecule has 228 valence electrons. The first-order valence-corrected chi connectivity index (χ1v) is 16.3. The average molecular weight is 613 g/mol. The van der Waals surface area contributed by atoms with Crippen molar-refractivity contribution in [3.63, 3.8) is 0 Å². The highest BCUT2D eigenvalue weighted by Crippen LogP contribution is 2.32. The summed E-state index contributed by atoms with van der Waals surface area (Å²) in [6.45, 7) is 3.30. The second kappa shape index (κ2) is 12.9. The zero-order valence-electron chi connectivity index (χ0n) is 24.6. The largest absolute Gasteiger partial charge is 0.417 e. The second-order valence-corrected chi connectivity index (χ2v) is 12.9. The van der Waals surface area contributed by atoms with Crippen molar-refractivity contribution in [1.29, 1.82) is 0 Å². The number of nitrogens with one attached hydrogen (secondary N) is 2. The van der Waals surface area contributed by atoms with Crippen LogP contribution in [0.15, 0.2) is 42.9 Å². The summed E-state index contributed by atoms with van der Waals surface area (Å²) in [5.74, 6) is 7.09. The molecule has 2 atom stereocenters. The number of morpholine rings is 1. The molecule has 10 nitrogen and oxygen atoms in total. The molecule has 5 heterocycles. The number of fused-ring (bicyclic) bond motifs is 2. The Bertz CT molecular complexity index is 1730. The number of carbonyl (C=O) groups excluding carboxylic acids is 2.